The van der Waals surface area contributed by atoms with Crippen LogP contribution in [0.2, 0.25) is 0 Å². The van der Waals surface area contributed by atoms with Gasteiger partial charge in [0.15, 0.2) is 0 Å². The predicted molar refractivity (Wildman–Crippen MR) is 69.9 cm³/mol. The first-order valence-corrected chi connectivity index (χ1v) is 8.47. The monoisotopic (exact) mass is 286 g/mol. The molecule has 0 heterocycles. The zero-order valence-electron chi connectivity index (χ0n) is 9.92. The Hall–Kier alpha value is -1.23. The van der Waals surface area contributed by atoms with Gasteiger partial charge < -0.3 is 0 Å². The van der Waals surface area contributed by atoms with Crippen molar-refractivity contribution in [3.63, 3.8) is 0 Å². The number of rotatable bonds is 6. The minimum Gasteiger partial charge on any atom is -0.260 e. The lowest BCUT2D eigenvalue weighted by molar-refractivity contribution is 0.580. The Morgan fingerprint density at radius 3 is 2.67 bits per heavy atom. The molecule has 0 saturated carbocycles. The summed E-state index contributed by atoms with van der Waals surface area (Å²) in [5.74, 6) is 0.447. The average molecular weight is 286 g/mol. The molecule has 5 nitrogen and oxygen atoms in total. The van der Waals surface area contributed by atoms with E-state index in [0.717, 1.165) is 0 Å². The van der Waals surface area contributed by atoms with Crippen LogP contribution in [-0.4, -0.2) is 31.2 Å². The maximum atomic E-state index is 11.9. The van der Waals surface area contributed by atoms with Gasteiger partial charge in [0.2, 0.25) is 10.0 Å². The van der Waals surface area contributed by atoms with E-state index in [4.69, 9.17) is 5.26 Å². The Morgan fingerprint density at radius 2 is 2.06 bits per heavy atom. The predicted octanol–water partition coefficient (Wildman–Crippen LogP) is 0.605. The van der Waals surface area contributed by atoms with Crippen molar-refractivity contribution in [1.82, 2.24) is 4.72 Å². The van der Waals surface area contributed by atoms with Gasteiger partial charge in [-0.15, -0.1) is 0 Å². The summed E-state index contributed by atoms with van der Waals surface area (Å²) in [7, 11) is -4.60. The molecule has 18 heavy (non-hydrogen) atoms. The summed E-state index contributed by atoms with van der Waals surface area (Å²) in [6.07, 6.45) is 2.07. The van der Waals surface area contributed by atoms with Crippen molar-refractivity contribution in [2.75, 3.05) is 18.6 Å². The van der Waals surface area contributed by atoms with Crippen molar-refractivity contribution >= 4 is 20.8 Å². The number of nitrogens with one attached hydrogen (secondary N) is 1. The summed E-state index contributed by atoms with van der Waals surface area (Å²) in [5.41, 5.74) is 0.115. The molecule has 0 saturated heterocycles. The minimum atomic E-state index is -3.67. The number of hydrogen-bond donors (Lipinski definition) is 1. The van der Waals surface area contributed by atoms with Gasteiger partial charge in [0.05, 0.1) is 10.5 Å². The number of nitriles is 1. The van der Waals surface area contributed by atoms with Crippen molar-refractivity contribution < 1.29 is 12.6 Å². The summed E-state index contributed by atoms with van der Waals surface area (Å²) in [6, 6.07) is 7.86. The first kappa shape index (κ1) is 14.8. The Labute approximate surface area is 109 Å². The molecule has 0 aliphatic carbocycles. The van der Waals surface area contributed by atoms with Crippen LogP contribution in [0.25, 0.3) is 0 Å². The normalized spacial score (nSPS) is 12.9. The van der Waals surface area contributed by atoms with Crippen molar-refractivity contribution in [3.8, 4) is 6.07 Å². The fraction of sp³-hybridized carbons (Fsp3) is 0.364. The molecule has 98 valence electrons. The van der Waals surface area contributed by atoms with Crippen LogP contribution in [0.3, 0.4) is 0 Å². The van der Waals surface area contributed by atoms with Crippen molar-refractivity contribution in [1.29, 1.82) is 5.26 Å². The highest BCUT2D eigenvalue weighted by Crippen LogP contribution is 2.13. The van der Waals surface area contributed by atoms with Crippen LogP contribution in [0.15, 0.2) is 29.2 Å². The highest BCUT2D eigenvalue weighted by Gasteiger charge is 2.17. The Bertz CT molecular complexity index is 576. The van der Waals surface area contributed by atoms with E-state index >= 15 is 0 Å². The summed E-state index contributed by atoms with van der Waals surface area (Å²) in [5, 5.41) is 8.84. The van der Waals surface area contributed by atoms with Crippen LogP contribution in [0, 0.1) is 11.3 Å². The van der Waals surface area contributed by atoms with Crippen LogP contribution >= 0.6 is 0 Å². The first-order chi connectivity index (χ1) is 8.47. The van der Waals surface area contributed by atoms with Crippen LogP contribution in [0.4, 0.5) is 0 Å². The fourth-order valence-electron chi connectivity index (χ4n) is 1.35. The smallest absolute Gasteiger partial charge is 0.241 e. The maximum Gasteiger partial charge on any atom is 0.241 e. The second kappa shape index (κ2) is 6.64. The molecule has 1 aromatic rings. The van der Waals surface area contributed by atoms with E-state index in [2.05, 4.69) is 4.72 Å². The van der Waals surface area contributed by atoms with Crippen molar-refractivity contribution in [3.05, 3.63) is 29.8 Å². The molecule has 0 amide bonds. The van der Waals surface area contributed by atoms with E-state index in [1.54, 1.807) is 18.4 Å². The summed E-state index contributed by atoms with van der Waals surface area (Å²) >= 11 is 0. The summed E-state index contributed by atoms with van der Waals surface area (Å²) in [6.45, 7) is 0.210. The van der Waals surface area contributed by atoms with E-state index in [9.17, 15) is 12.6 Å². The Morgan fingerprint density at radius 1 is 1.39 bits per heavy atom. The second-order valence-corrected chi connectivity index (χ2v) is 6.93. The molecule has 1 atom stereocenters. The van der Waals surface area contributed by atoms with Crippen molar-refractivity contribution in [2.45, 2.75) is 11.3 Å². The van der Waals surface area contributed by atoms with Gasteiger partial charge >= 0.3 is 0 Å². The van der Waals surface area contributed by atoms with Crippen LogP contribution < -0.4 is 4.72 Å². The summed E-state index contributed by atoms with van der Waals surface area (Å²) < 4.78 is 37.1. The molecule has 1 rings (SSSR count). The van der Waals surface area contributed by atoms with Crippen LogP contribution in [0.1, 0.15) is 12.0 Å². The molecule has 1 aromatic carbocycles. The lowest BCUT2D eigenvalue weighted by Crippen LogP contribution is -2.26. The average Bonchev–Trinajstić information content (AvgIpc) is 2.34. The number of sulfonamides is 1. The quantitative estimate of drug-likeness (QED) is 0.776. The van der Waals surface area contributed by atoms with E-state index in [0.29, 0.717) is 12.2 Å². The largest absolute Gasteiger partial charge is 0.260 e. The van der Waals surface area contributed by atoms with E-state index in [1.165, 1.54) is 12.1 Å². The van der Waals surface area contributed by atoms with E-state index < -0.39 is 20.8 Å². The Kier molecular flexibility index (Phi) is 5.47. The molecule has 0 aliphatic heterocycles. The second-order valence-electron chi connectivity index (χ2n) is 3.64. The molecular weight excluding hydrogens is 272 g/mol. The van der Waals surface area contributed by atoms with Crippen LogP contribution in [-0.2, 0) is 20.8 Å². The molecule has 0 aromatic heterocycles. The fourth-order valence-corrected chi connectivity index (χ4v) is 3.13. The van der Waals surface area contributed by atoms with Gasteiger partial charge in [-0.05, 0) is 18.6 Å². The zero-order chi connectivity index (χ0) is 13.6. The lowest BCUT2D eigenvalue weighted by Gasteiger charge is -2.07. The molecule has 1 N–H and O–H groups in total. The standard InChI is InChI=1S/C11H14N2O3S2/c1-17(14)8-4-7-13-18(15,16)11-6-3-2-5-10(11)9-12/h2-3,5-6,13H,4,7-8H2,1H3. The Balaban J connectivity index is 2.75. The number of hydrogen-bond acceptors (Lipinski definition) is 4. The highest BCUT2D eigenvalue weighted by atomic mass is 32.2. The SMILES string of the molecule is CS(=O)CCCNS(=O)(=O)c1ccccc1C#N. The van der Waals surface area contributed by atoms with E-state index in [1.807, 2.05) is 6.07 Å². The van der Waals surface area contributed by atoms with Gasteiger partial charge in [0.25, 0.3) is 0 Å². The topological polar surface area (TPSA) is 87.0 Å². The molecule has 0 bridgehead atoms. The number of benzene rings is 1. The zero-order valence-corrected chi connectivity index (χ0v) is 11.6. The lowest BCUT2D eigenvalue weighted by atomic mass is 10.2. The molecule has 0 aliphatic rings. The van der Waals surface area contributed by atoms with Gasteiger partial charge in [-0.2, -0.15) is 5.26 Å². The minimum absolute atomic E-state index is 0.0230. The molecular formula is C11H14N2O3S2. The van der Waals surface area contributed by atoms with Gasteiger partial charge in [-0.25, -0.2) is 13.1 Å². The van der Waals surface area contributed by atoms with Gasteiger partial charge in [-0.1, -0.05) is 12.1 Å². The van der Waals surface area contributed by atoms with Crippen molar-refractivity contribution in [2.24, 2.45) is 0 Å². The molecule has 0 spiro atoms. The third-order valence-corrected chi connectivity index (χ3v) is 4.58. The maximum absolute atomic E-state index is 11.9. The summed E-state index contributed by atoms with van der Waals surface area (Å²) in [4.78, 5) is -0.0230. The highest BCUT2D eigenvalue weighted by molar-refractivity contribution is 7.89. The molecule has 1 unspecified atom stereocenters. The van der Waals surface area contributed by atoms with Gasteiger partial charge in [0, 0.05) is 29.4 Å². The molecule has 7 heteroatoms. The molecule has 0 radical (unpaired) electrons. The number of nitrogens with zero attached hydrogens (tertiary/aromatic N) is 1. The van der Waals surface area contributed by atoms with Gasteiger partial charge in [-0.3, -0.25) is 4.21 Å². The third-order valence-electron chi connectivity index (χ3n) is 2.20. The van der Waals surface area contributed by atoms with Crippen LogP contribution in [0.5, 0.6) is 0 Å². The first-order valence-electron chi connectivity index (χ1n) is 5.26. The van der Waals surface area contributed by atoms with Gasteiger partial charge in [0.1, 0.15) is 6.07 Å². The molecule has 0 fully saturated rings. The van der Waals surface area contributed by atoms with E-state index in [-0.39, 0.29) is 17.0 Å². The third kappa shape index (κ3) is 4.22.